The van der Waals surface area contributed by atoms with E-state index in [1.807, 2.05) is 30.3 Å². The maximum Gasteiger partial charge on any atom is 0.323 e. The monoisotopic (exact) mass is 363 g/mol. The van der Waals surface area contributed by atoms with Crippen LogP contribution in [0.4, 0.5) is 0 Å². The molecular weight excluding hydrogens is 346 g/mol. The molecule has 0 unspecified atom stereocenters. The van der Waals surface area contributed by atoms with Crippen LogP contribution in [-0.4, -0.2) is 9.97 Å². The predicted octanol–water partition coefficient (Wildman–Crippen LogP) is 4.42. The average molecular weight is 363 g/mol. The second-order valence-corrected chi connectivity index (χ2v) is 7.08. The average Bonchev–Trinajstić information content (AvgIpc) is 3.02. The van der Waals surface area contributed by atoms with Crippen LogP contribution in [0, 0.1) is 11.3 Å². The molecule has 1 aromatic heterocycles. The van der Waals surface area contributed by atoms with Gasteiger partial charge in [0.05, 0.1) is 22.7 Å². The second kappa shape index (κ2) is 6.40. The van der Waals surface area contributed by atoms with Crippen LogP contribution in [0.25, 0.3) is 22.7 Å². The van der Waals surface area contributed by atoms with Crippen LogP contribution >= 0.6 is 0 Å². The third-order valence-corrected chi connectivity index (χ3v) is 5.35. The molecule has 4 nitrogen and oxygen atoms in total. The van der Waals surface area contributed by atoms with Gasteiger partial charge in [0, 0.05) is 0 Å². The molecule has 0 radical (unpaired) electrons. The molecule has 0 fully saturated rings. The van der Waals surface area contributed by atoms with Crippen LogP contribution < -0.4 is 5.69 Å². The highest BCUT2D eigenvalue weighted by Crippen LogP contribution is 2.35. The van der Waals surface area contributed by atoms with Crippen molar-refractivity contribution in [3.63, 3.8) is 0 Å². The van der Waals surface area contributed by atoms with Crippen LogP contribution in [0.1, 0.15) is 33.4 Å². The fraction of sp³-hybridized carbons (Fsp3) is 0.0833. The van der Waals surface area contributed by atoms with E-state index in [-0.39, 0.29) is 5.69 Å². The lowest BCUT2D eigenvalue weighted by Crippen LogP contribution is -1.99. The number of hydrogen-bond donors (Lipinski definition) is 2. The number of aryl methyl sites for hydroxylation is 2. The summed E-state index contributed by atoms with van der Waals surface area (Å²) in [5.74, 6) is 0. The maximum absolute atomic E-state index is 11.6. The summed E-state index contributed by atoms with van der Waals surface area (Å²) in [7, 11) is 0. The number of nitrogens with zero attached hydrogens (tertiary/aromatic N) is 1. The number of aromatic nitrogens is 2. The fourth-order valence-electron chi connectivity index (χ4n) is 4.01. The first-order valence-corrected chi connectivity index (χ1v) is 9.27. The Hall–Kier alpha value is -3.84. The van der Waals surface area contributed by atoms with Gasteiger partial charge in [0.2, 0.25) is 0 Å². The molecule has 2 N–H and O–H groups in total. The van der Waals surface area contributed by atoms with E-state index >= 15 is 0 Å². The van der Waals surface area contributed by atoms with Crippen molar-refractivity contribution in [2.75, 3.05) is 0 Å². The van der Waals surface area contributed by atoms with Crippen LogP contribution in [0.3, 0.4) is 0 Å². The smallest absolute Gasteiger partial charge is 0.306 e. The molecule has 3 aromatic carbocycles. The summed E-state index contributed by atoms with van der Waals surface area (Å²) in [6.45, 7) is 0. The Morgan fingerprint density at radius 1 is 0.857 bits per heavy atom. The highest BCUT2D eigenvalue weighted by molar-refractivity contribution is 5.95. The van der Waals surface area contributed by atoms with E-state index in [1.54, 1.807) is 0 Å². The van der Waals surface area contributed by atoms with Crippen LogP contribution in [-0.2, 0) is 12.8 Å². The molecule has 28 heavy (non-hydrogen) atoms. The van der Waals surface area contributed by atoms with Crippen molar-refractivity contribution >= 4 is 22.7 Å². The van der Waals surface area contributed by atoms with Crippen molar-refractivity contribution in [2.45, 2.75) is 12.8 Å². The molecule has 0 amide bonds. The Labute approximate surface area is 161 Å². The summed E-state index contributed by atoms with van der Waals surface area (Å²) in [6, 6.07) is 22.6. The third kappa shape index (κ3) is 2.74. The quantitative estimate of drug-likeness (QED) is 0.526. The van der Waals surface area contributed by atoms with Crippen molar-refractivity contribution < 1.29 is 0 Å². The lowest BCUT2D eigenvalue weighted by molar-refractivity contribution is 0.964. The standard InChI is InChI=1S/C24H17N3O/c25-14-16-5-9-20-18(11-16)8-7-17-3-1-2-4-19(17)21(20)12-15-6-10-22-23(13-15)27-24(28)26-22/h1-6,9-13H,7-8H2,(H2,26,27,28)/b21-12+. The van der Waals surface area contributed by atoms with E-state index in [4.69, 9.17) is 0 Å². The van der Waals surface area contributed by atoms with Gasteiger partial charge in [-0.1, -0.05) is 36.4 Å². The first kappa shape index (κ1) is 16.3. The predicted molar refractivity (Wildman–Crippen MR) is 111 cm³/mol. The van der Waals surface area contributed by atoms with Crippen LogP contribution in [0.5, 0.6) is 0 Å². The van der Waals surface area contributed by atoms with Crippen molar-refractivity contribution in [3.8, 4) is 6.07 Å². The van der Waals surface area contributed by atoms with E-state index in [2.05, 4.69) is 52.4 Å². The molecule has 1 aliphatic rings. The summed E-state index contributed by atoms with van der Waals surface area (Å²) < 4.78 is 0. The number of rotatable bonds is 1. The normalized spacial score (nSPS) is 14.3. The minimum Gasteiger partial charge on any atom is -0.306 e. The van der Waals surface area contributed by atoms with Crippen molar-refractivity contribution in [1.29, 1.82) is 5.26 Å². The van der Waals surface area contributed by atoms with Crippen molar-refractivity contribution in [2.24, 2.45) is 0 Å². The van der Waals surface area contributed by atoms with Gasteiger partial charge in [0.15, 0.2) is 0 Å². The molecule has 1 heterocycles. The van der Waals surface area contributed by atoms with Gasteiger partial charge in [-0.05, 0) is 76.6 Å². The molecule has 0 aliphatic heterocycles. The number of fused-ring (bicyclic) bond motifs is 3. The molecule has 1 aliphatic carbocycles. The molecular formula is C24H17N3O. The topological polar surface area (TPSA) is 72.4 Å². The van der Waals surface area contributed by atoms with Gasteiger partial charge in [0.25, 0.3) is 0 Å². The van der Waals surface area contributed by atoms with Gasteiger partial charge in [-0.3, -0.25) is 0 Å². The van der Waals surface area contributed by atoms with E-state index in [9.17, 15) is 10.1 Å². The van der Waals surface area contributed by atoms with E-state index in [1.165, 1.54) is 16.7 Å². The van der Waals surface area contributed by atoms with Crippen LogP contribution in [0.15, 0.2) is 65.5 Å². The van der Waals surface area contributed by atoms with Gasteiger partial charge < -0.3 is 9.97 Å². The van der Waals surface area contributed by atoms with E-state index < -0.39 is 0 Å². The minimum atomic E-state index is -0.200. The molecule has 0 spiro atoms. The molecule has 0 saturated carbocycles. The zero-order valence-electron chi connectivity index (χ0n) is 15.1. The number of aromatic amines is 2. The Balaban J connectivity index is 1.75. The number of benzene rings is 3. The Bertz CT molecular complexity index is 1350. The zero-order chi connectivity index (χ0) is 19.1. The highest BCUT2D eigenvalue weighted by atomic mass is 16.1. The Morgan fingerprint density at radius 3 is 2.54 bits per heavy atom. The minimum absolute atomic E-state index is 0.200. The van der Waals surface area contributed by atoms with Gasteiger partial charge in [0.1, 0.15) is 0 Å². The molecule has 5 rings (SSSR count). The van der Waals surface area contributed by atoms with Gasteiger partial charge in [-0.15, -0.1) is 0 Å². The number of hydrogen-bond acceptors (Lipinski definition) is 2. The first-order chi connectivity index (χ1) is 13.7. The van der Waals surface area contributed by atoms with Gasteiger partial charge in [-0.25, -0.2) is 4.79 Å². The molecule has 0 atom stereocenters. The van der Waals surface area contributed by atoms with Gasteiger partial charge >= 0.3 is 5.69 Å². The largest absolute Gasteiger partial charge is 0.323 e. The number of nitriles is 1. The van der Waals surface area contributed by atoms with Crippen molar-refractivity contribution in [1.82, 2.24) is 9.97 Å². The SMILES string of the molecule is N#Cc1ccc2c(c1)CCc1ccccc1/C2=C\c1ccc2[nH]c(=O)[nH]c2c1. The third-order valence-electron chi connectivity index (χ3n) is 5.35. The highest BCUT2D eigenvalue weighted by Gasteiger charge is 2.18. The Kier molecular flexibility index (Phi) is 3.73. The summed E-state index contributed by atoms with van der Waals surface area (Å²) in [5.41, 5.74) is 9.12. The first-order valence-electron chi connectivity index (χ1n) is 9.27. The Morgan fingerprint density at radius 2 is 1.64 bits per heavy atom. The van der Waals surface area contributed by atoms with Crippen LogP contribution in [0.2, 0.25) is 0 Å². The number of H-pyrrole nitrogens is 2. The lowest BCUT2D eigenvalue weighted by atomic mass is 9.91. The molecule has 4 heteroatoms. The maximum atomic E-state index is 11.6. The molecule has 4 aromatic rings. The van der Waals surface area contributed by atoms with Gasteiger partial charge in [-0.2, -0.15) is 5.26 Å². The van der Waals surface area contributed by atoms with E-state index in [0.29, 0.717) is 5.56 Å². The molecule has 0 bridgehead atoms. The lowest BCUT2D eigenvalue weighted by Gasteiger charge is -2.12. The molecule has 134 valence electrons. The summed E-state index contributed by atoms with van der Waals surface area (Å²) in [5, 5.41) is 9.29. The molecule has 0 saturated heterocycles. The second-order valence-electron chi connectivity index (χ2n) is 7.08. The van der Waals surface area contributed by atoms with Crippen molar-refractivity contribution in [3.05, 3.63) is 105 Å². The number of imidazole rings is 1. The van der Waals surface area contributed by atoms with E-state index in [0.717, 1.165) is 40.6 Å². The summed E-state index contributed by atoms with van der Waals surface area (Å²) in [6.07, 6.45) is 4.02. The summed E-state index contributed by atoms with van der Waals surface area (Å²) >= 11 is 0. The summed E-state index contributed by atoms with van der Waals surface area (Å²) in [4.78, 5) is 17.2. The number of nitrogens with one attached hydrogen (secondary N) is 2. The zero-order valence-corrected chi connectivity index (χ0v) is 15.1. The fourth-order valence-corrected chi connectivity index (χ4v) is 4.01.